The predicted molar refractivity (Wildman–Crippen MR) is 138 cm³/mol. The highest BCUT2D eigenvalue weighted by Gasteiger charge is 2.33. The fraction of sp³-hybridized carbons (Fsp3) is 0.227. The number of benzene rings is 1. The lowest BCUT2D eigenvalue weighted by molar-refractivity contribution is -0.139. The minimum atomic E-state index is -0.572. The van der Waals surface area contributed by atoms with Crippen molar-refractivity contribution >= 4 is 73.2 Å². The summed E-state index contributed by atoms with van der Waals surface area (Å²) in [6.07, 6.45) is 1.81. The van der Waals surface area contributed by atoms with Crippen molar-refractivity contribution in [1.82, 2.24) is 4.57 Å². The largest absolute Gasteiger partial charge is 0.495 e. The summed E-state index contributed by atoms with van der Waals surface area (Å²) in [5.74, 6) is 0.238. The fourth-order valence-electron chi connectivity index (χ4n) is 3.55. The summed E-state index contributed by atoms with van der Waals surface area (Å²) < 4.78 is 14.8. The van der Waals surface area contributed by atoms with Gasteiger partial charge in [-0.25, -0.2) is 9.79 Å². The van der Waals surface area contributed by atoms with Gasteiger partial charge in [-0.3, -0.25) is 9.36 Å². The second-order valence-corrected chi connectivity index (χ2v) is 10.9. The minimum Gasteiger partial charge on any atom is -0.495 e. The zero-order chi connectivity index (χ0) is 23.0. The van der Waals surface area contributed by atoms with Gasteiger partial charge in [-0.05, 0) is 66.1 Å². The topological polar surface area (TPSA) is 69.9 Å². The van der Waals surface area contributed by atoms with Crippen LogP contribution in [0.15, 0.2) is 55.2 Å². The van der Waals surface area contributed by atoms with Gasteiger partial charge in [0.25, 0.3) is 5.56 Å². The molecule has 2 aromatic heterocycles. The molecular weight excluding hydrogens is 627 g/mol. The maximum Gasteiger partial charge on any atom is 0.338 e. The van der Waals surface area contributed by atoms with E-state index in [2.05, 4.69) is 43.5 Å². The van der Waals surface area contributed by atoms with Gasteiger partial charge in [-0.15, -0.1) is 11.3 Å². The molecule has 0 radical (unpaired) electrons. The van der Waals surface area contributed by atoms with Gasteiger partial charge < -0.3 is 9.47 Å². The molecule has 0 unspecified atom stereocenters. The molecule has 0 amide bonds. The number of halogens is 2. The molecule has 1 aliphatic rings. The molecular formula is C22H18BrIN2O4S2. The number of nitrogens with zero attached hydrogens (tertiary/aromatic N) is 2. The normalized spacial score (nSPS) is 16.0. The number of ether oxygens (including phenoxy) is 2. The van der Waals surface area contributed by atoms with E-state index >= 15 is 0 Å². The van der Waals surface area contributed by atoms with Crippen molar-refractivity contribution in [1.29, 1.82) is 0 Å². The van der Waals surface area contributed by atoms with Crippen molar-refractivity contribution in [3.8, 4) is 5.75 Å². The quantitative estimate of drug-likeness (QED) is 0.308. The molecule has 0 spiro atoms. The van der Waals surface area contributed by atoms with Crippen LogP contribution in [0.5, 0.6) is 5.75 Å². The van der Waals surface area contributed by atoms with Crippen molar-refractivity contribution < 1.29 is 14.3 Å². The molecule has 4 rings (SSSR count). The summed E-state index contributed by atoms with van der Waals surface area (Å²) in [7, 11) is 1.61. The molecule has 166 valence electrons. The van der Waals surface area contributed by atoms with Crippen molar-refractivity contribution in [2.24, 2.45) is 4.99 Å². The van der Waals surface area contributed by atoms with E-state index in [1.54, 1.807) is 25.5 Å². The van der Waals surface area contributed by atoms with Crippen LogP contribution in [0, 0.1) is 3.57 Å². The van der Waals surface area contributed by atoms with Crippen LogP contribution in [0.4, 0.5) is 0 Å². The van der Waals surface area contributed by atoms with Gasteiger partial charge in [0.15, 0.2) is 4.80 Å². The summed E-state index contributed by atoms with van der Waals surface area (Å²) in [6, 6.07) is 7.11. The van der Waals surface area contributed by atoms with Crippen LogP contribution >= 0.6 is 61.2 Å². The molecule has 1 aromatic carbocycles. The number of carbonyl (C=O) groups excluding carboxylic acids is 1. The van der Waals surface area contributed by atoms with Crippen LogP contribution in [-0.2, 0) is 9.53 Å². The Hall–Kier alpha value is -1.76. The Kier molecular flexibility index (Phi) is 7.03. The maximum atomic E-state index is 13.6. The van der Waals surface area contributed by atoms with E-state index in [-0.39, 0.29) is 12.2 Å². The number of aromatic nitrogens is 1. The van der Waals surface area contributed by atoms with E-state index in [4.69, 9.17) is 9.47 Å². The molecule has 3 heterocycles. The van der Waals surface area contributed by atoms with Crippen molar-refractivity contribution in [3.05, 3.63) is 79.1 Å². The average Bonchev–Trinajstić information content (AvgIpc) is 3.36. The monoisotopic (exact) mass is 644 g/mol. The predicted octanol–water partition coefficient (Wildman–Crippen LogP) is 4.24. The smallest absolute Gasteiger partial charge is 0.338 e. The number of thiazole rings is 1. The van der Waals surface area contributed by atoms with Gasteiger partial charge in [-0.1, -0.05) is 33.3 Å². The highest BCUT2D eigenvalue weighted by molar-refractivity contribution is 14.1. The zero-order valence-electron chi connectivity index (χ0n) is 17.3. The Balaban J connectivity index is 1.97. The second kappa shape index (κ2) is 9.62. The van der Waals surface area contributed by atoms with Crippen LogP contribution in [0.3, 0.4) is 0 Å². The number of hydrogen-bond acceptors (Lipinski definition) is 7. The third-order valence-electron chi connectivity index (χ3n) is 4.86. The number of thiophene rings is 1. The lowest BCUT2D eigenvalue weighted by Gasteiger charge is -2.23. The Bertz CT molecular complexity index is 1410. The lowest BCUT2D eigenvalue weighted by Crippen LogP contribution is -2.39. The van der Waals surface area contributed by atoms with E-state index in [0.717, 1.165) is 18.5 Å². The molecule has 1 atom stereocenters. The first-order valence-corrected chi connectivity index (χ1v) is 13.2. The number of carbonyl (C=O) groups is 1. The first-order valence-electron chi connectivity index (χ1n) is 9.61. The molecule has 6 nitrogen and oxygen atoms in total. The molecule has 0 fully saturated rings. The molecule has 0 bridgehead atoms. The Morgan fingerprint density at radius 3 is 2.84 bits per heavy atom. The third-order valence-corrected chi connectivity index (χ3v) is 8.02. The summed E-state index contributed by atoms with van der Waals surface area (Å²) in [4.78, 5) is 32.4. The summed E-state index contributed by atoms with van der Waals surface area (Å²) in [5.41, 5.74) is 1.52. The van der Waals surface area contributed by atoms with Crippen LogP contribution < -0.4 is 19.6 Å². The summed E-state index contributed by atoms with van der Waals surface area (Å²) >= 11 is 8.49. The number of fused-ring (bicyclic) bond motifs is 1. The highest BCUT2D eigenvalue weighted by atomic mass is 127. The first-order chi connectivity index (χ1) is 15.3. The van der Waals surface area contributed by atoms with Crippen molar-refractivity contribution in [2.75, 3.05) is 13.7 Å². The molecule has 0 saturated carbocycles. The van der Waals surface area contributed by atoms with Gasteiger partial charge in [0, 0.05) is 14.9 Å². The Labute approximate surface area is 214 Å². The molecule has 0 N–H and O–H groups in total. The summed E-state index contributed by atoms with van der Waals surface area (Å²) in [5, 5.41) is 1.93. The standard InChI is InChI=1S/C22H18BrIN2O4S2/c1-4-30-21(28)17-11(2)25-22-26(18(17)15-6-5-7-31-15)20(27)16(32-22)9-12-8-13(23)10-14(24)19(12)29-3/h5-10,18H,4H2,1-3H3/b16-9-/t18-/m1/s1. The van der Waals surface area contributed by atoms with Gasteiger partial charge in [0.1, 0.15) is 11.8 Å². The Morgan fingerprint density at radius 1 is 1.41 bits per heavy atom. The van der Waals surface area contributed by atoms with Gasteiger partial charge in [0.2, 0.25) is 0 Å². The average molecular weight is 645 g/mol. The van der Waals surface area contributed by atoms with E-state index < -0.39 is 12.0 Å². The molecule has 3 aromatic rings. The van der Waals surface area contributed by atoms with Crippen molar-refractivity contribution in [3.63, 3.8) is 0 Å². The van der Waals surface area contributed by atoms with Crippen LogP contribution in [0.1, 0.15) is 30.3 Å². The number of esters is 1. The van der Waals surface area contributed by atoms with Gasteiger partial charge >= 0.3 is 5.97 Å². The molecule has 0 aliphatic carbocycles. The van der Waals surface area contributed by atoms with Crippen molar-refractivity contribution in [2.45, 2.75) is 19.9 Å². The second-order valence-electron chi connectivity index (χ2n) is 6.83. The molecule has 32 heavy (non-hydrogen) atoms. The van der Waals surface area contributed by atoms with E-state index in [1.807, 2.05) is 35.7 Å². The molecule has 0 saturated heterocycles. The van der Waals surface area contributed by atoms with Gasteiger partial charge in [0.05, 0.1) is 33.1 Å². The van der Waals surface area contributed by atoms with Crippen LogP contribution in [0.2, 0.25) is 0 Å². The first kappa shape index (κ1) is 23.4. The zero-order valence-corrected chi connectivity index (χ0v) is 22.7. The highest BCUT2D eigenvalue weighted by Crippen LogP contribution is 2.33. The Morgan fingerprint density at radius 2 is 2.19 bits per heavy atom. The minimum absolute atomic E-state index is 0.210. The molecule has 10 heteroatoms. The summed E-state index contributed by atoms with van der Waals surface area (Å²) in [6.45, 7) is 3.79. The fourth-order valence-corrected chi connectivity index (χ4v) is 7.18. The number of allylic oxidation sites excluding steroid dienone is 1. The third kappa shape index (κ3) is 4.25. The number of rotatable bonds is 5. The maximum absolute atomic E-state index is 13.6. The van der Waals surface area contributed by atoms with E-state index in [9.17, 15) is 9.59 Å². The number of hydrogen-bond donors (Lipinski definition) is 0. The van der Waals surface area contributed by atoms with Crippen LogP contribution in [-0.4, -0.2) is 24.3 Å². The lowest BCUT2D eigenvalue weighted by atomic mass is 10.0. The molecule has 1 aliphatic heterocycles. The van der Waals surface area contributed by atoms with Gasteiger partial charge in [-0.2, -0.15) is 0 Å². The van der Waals surface area contributed by atoms with E-state index in [1.165, 1.54) is 22.7 Å². The van der Waals surface area contributed by atoms with E-state index in [0.29, 0.717) is 26.4 Å². The number of methoxy groups -OCH3 is 1. The SMILES string of the molecule is CCOC(=O)C1=C(C)N=c2s/c(=C\c3cc(Br)cc(I)c3OC)c(=O)n2[C@@H]1c1cccs1. The van der Waals surface area contributed by atoms with Crippen LogP contribution in [0.25, 0.3) is 6.08 Å².